The van der Waals surface area contributed by atoms with Crippen LogP contribution in [-0.2, 0) is 18.0 Å². The predicted octanol–water partition coefficient (Wildman–Crippen LogP) is 5.69. The number of amides is 1. The van der Waals surface area contributed by atoms with Gasteiger partial charge in [-0.2, -0.15) is 13.2 Å². The van der Waals surface area contributed by atoms with Gasteiger partial charge in [-0.05, 0) is 38.8 Å². The van der Waals surface area contributed by atoms with Crippen molar-refractivity contribution in [3.8, 4) is 11.3 Å². The van der Waals surface area contributed by atoms with E-state index in [2.05, 4.69) is 25.9 Å². The minimum absolute atomic E-state index is 0.0468. The predicted molar refractivity (Wildman–Crippen MR) is 124 cm³/mol. The number of nitrogens with one attached hydrogen (secondary N) is 1. The van der Waals surface area contributed by atoms with Gasteiger partial charge in [-0.25, -0.2) is 9.97 Å². The molecule has 0 aromatic carbocycles. The van der Waals surface area contributed by atoms with Crippen molar-refractivity contribution in [3.63, 3.8) is 0 Å². The summed E-state index contributed by atoms with van der Waals surface area (Å²) in [6.07, 6.45) is -2.62. The molecule has 0 radical (unpaired) electrons. The van der Waals surface area contributed by atoms with E-state index in [0.717, 1.165) is 34.9 Å². The van der Waals surface area contributed by atoms with Crippen molar-refractivity contribution in [3.05, 3.63) is 45.7 Å². The molecule has 4 heterocycles. The number of alkyl halides is 3. The number of carbonyl (C=O) groups excluding carboxylic acids is 1. The molecule has 6 nitrogen and oxygen atoms in total. The topological polar surface area (TPSA) is 63.1 Å². The fourth-order valence-corrected chi connectivity index (χ4v) is 4.95. The van der Waals surface area contributed by atoms with Crippen LogP contribution in [0, 0.1) is 19.8 Å². The van der Waals surface area contributed by atoms with Crippen LogP contribution in [-0.4, -0.2) is 33.5 Å². The zero-order valence-corrected chi connectivity index (χ0v) is 19.9. The molecular weight excluding hydrogens is 475 g/mol. The molecule has 11 heteroatoms. The van der Waals surface area contributed by atoms with E-state index < -0.39 is 11.7 Å². The first-order chi connectivity index (χ1) is 15.5. The Bertz CT molecular complexity index is 1180. The summed E-state index contributed by atoms with van der Waals surface area (Å²) in [5.41, 5.74) is 3.23. The summed E-state index contributed by atoms with van der Waals surface area (Å²) >= 11 is 7.44. The second kappa shape index (κ2) is 8.98. The Morgan fingerprint density at radius 2 is 1.94 bits per heavy atom. The molecular formula is C22H23ClF3N5OS. The molecule has 0 spiro atoms. The number of pyridine rings is 1. The van der Waals surface area contributed by atoms with E-state index in [-0.39, 0.29) is 16.8 Å². The first kappa shape index (κ1) is 23.6. The van der Waals surface area contributed by atoms with Gasteiger partial charge in [0, 0.05) is 54.6 Å². The van der Waals surface area contributed by atoms with E-state index >= 15 is 0 Å². The van der Waals surface area contributed by atoms with Crippen molar-refractivity contribution in [2.24, 2.45) is 13.0 Å². The van der Waals surface area contributed by atoms with E-state index in [9.17, 15) is 18.0 Å². The van der Waals surface area contributed by atoms with Crippen LogP contribution in [0.25, 0.3) is 11.3 Å². The van der Waals surface area contributed by atoms with Crippen molar-refractivity contribution in [2.75, 3.05) is 23.3 Å². The standard InChI is InChI=1S/C22H23ClF3N5OS/c1-12-8-16(13(2)30(12)3)18-11-33-21(28-18)29-20(32)14-4-6-31(7-5-14)19-17(23)9-15(10-27-19)22(24,25)26/h8-11,14H,4-7H2,1-3H3,(H,28,29,32). The lowest BCUT2D eigenvalue weighted by Crippen LogP contribution is -2.38. The summed E-state index contributed by atoms with van der Waals surface area (Å²) < 4.78 is 40.6. The average Bonchev–Trinajstić information content (AvgIpc) is 3.33. The highest BCUT2D eigenvalue weighted by molar-refractivity contribution is 7.14. The lowest BCUT2D eigenvalue weighted by Gasteiger charge is -2.32. The molecule has 0 atom stereocenters. The number of thiazole rings is 1. The van der Waals surface area contributed by atoms with Crippen LogP contribution in [0.5, 0.6) is 0 Å². The Kier molecular flexibility index (Phi) is 6.41. The highest BCUT2D eigenvalue weighted by Crippen LogP contribution is 2.35. The van der Waals surface area contributed by atoms with E-state index in [1.807, 2.05) is 31.2 Å². The van der Waals surface area contributed by atoms with Crippen LogP contribution in [0.3, 0.4) is 0 Å². The number of hydrogen-bond donors (Lipinski definition) is 1. The number of halogens is 4. The molecule has 176 valence electrons. The Balaban J connectivity index is 1.37. The minimum atomic E-state index is -4.49. The van der Waals surface area contributed by atoms with Crippen molar-refractivity contribution >= 4 is 39.8 Å². The van der Waals surface area contributed by atoms with Crippen LogP contribution in [0.15, 0.2) is 23.7 Å². The number of hydrogen-bond acceptors (Lipinski definition) is 5. The zero-order valence-electron chi connectivity index (χ0n) is 18.3. The number of carbonyl (C=O) groups is 1. The smallest absolute Gasteiger partial charge is 0.355 e. The molecule has 1 amide bonds. The maximum atomic E-state index is 12.8. The Morgan fingerprint density at radius 3 is 2.52 bits per heavy atom. The van der Waals surface area contributed by atoms with Gasteiger partial charge in [0.15, 0.2) is 5.13 Å². The van der Waals surface area contributed by atoms with Gasteiger partial charge >= 0.3 is 6.18 Å². The minimum Gasteiger partial charge on any atom is -0.355 e. The van der Waals surface area contributed by atoms with Gasteiger partial charge in [0.05, 0.1) is 16.3 Å². The second-order valence-electron chi connectivity index (χ2n) is 8.16. The van der Waals surface area contributed by atoms with Crippen molar-refractivity contribution in [1.29, 1.82) is 0 Å². The molecule has 1 aliphatic rings. The van der Waals surface area contributed by atoms with Gasteiger partial charge < -0.3 is 14.8 Å². The van der Waals surface area contributed by atoms with Crippen molar-refractivity contribution in [1.82, 2.24) is 14.5 Å². The SMILES string of the molecule is Cc1cc(-c2csc(NC(=O)C3CCN(c4ncc(C(F)(F)F)cc4Cl)CC3)n2)c(C)n1C. The third-order valence-corrected chi connectivity index (χ3v) is 7.14. The number of nitrogens with zero attached hydrogens (tertiary/aromatic N) is 4. The molecule has 0 unspecified atom stereocenters. The van der Waals surface area contributed by atoms with E-state index in [1.165, 1.54) is 11.3 Å². The van der Waals surface area contributed by atoms with Crippen LogP contribution < -0.4 is 10.2 Å². The summed E-state index contributed by atoms with van der Waals surface area (Å²) in [7, 11) is 2.00. The maximum absolute atomic E-state index is 12.8. The highest BCUT2D eigenvalue weighted by atomic mass is 35.5. The van der Waals surface area contributed by atoms with E-state index in [0.29, 0.717) is 36.9 Å². The molecule has 1 saturated heterocycles. The number of aromatic nitrogens is 3. The summed E-state index contributed by atoms with van der Waals surface area (Å²) in [5.74, 6) is -0.0212. The fraction of sp³-hybridized carbons (Fsp3) is 0.409. The highest BCUT2D eigenvalue weighted by Gasteiger charge is 2.33. The average molecular weight is 498 g/mol. The largest absolute Gasteiger partial charge is 0.417 e. The quantitative estimate of drug-likeness (QED) is 0.503. The number of rotatable bonds is 4. The Hall–Kier alpha value is -2.59. The third-order valence-electron chi connectivity index (χ3n) is 6.10. The third kappa shape index (κ3) is 4.86. The van der Waals surface area contributed by atoms with Gasteiger partial charge in [-0.3, -0.25) is 4.79 Å². The molecule has 0 aliphatic carbocycles. The molecule has 3 aromatic rings. The van der Waals surface area contributed by atoms with E-state index in [1.54, 1.807) is 0 Å². The molecule has 4 rings (SSSR count). The normalized spacial score (nSPS) is 15.2. The molecule has 1 fully saturated rings. The van der Waals surface area contributed by atoms with Gasteiger partial charge in [0.2, 0.25) is 5.91 Å². The molecule has 33 heavy (non-hydrogen) atoms. The van der Waals surface area contributed by atoms with Crippen molar-refractivity contribution in [2.45, 2.75) is 32.9 Å². The van der Waals surface area contributed by atoms with Crippen molar-refractivity contribution < 1.29 is 18.0 Å². The van der Waals surface area contributed by atoms with Crippen LogP contribution in [0.1, 0.15) is 29.8 Å². The zero-order chi connectivity index (χ0) is 23.9. The second-order valence-corrected chi connectivity index (χ2v) is 9.42. The van der Waals surface area contributed by atoms with Crippen LogP contribution >= 0.6 is 22.9 Å². The number of piperidine rings is 1. The van der Waals surface area contributed by atoms with Gasteiger partial charge in [-0.1, -0.05) is 11.6 Å². The number of aryl methyl sites for hydroxylation is 1. The summed E-state index contributed by atoms with van der Waals surface area (Å²) in [6.45, 7) is 5.01. The first-order valence-corrected chi connectivity index (χ1v) is 11.7. The molecule has 0 bridgehead atoms. The van der Waals surface area contributed by atoms with Gasteiger partial charge in [0.1, 0.15) is 5.82 Å². The Morgan fingerprint density at radius 1 is 1.24 bits per heavy atom. The van der Waals surface area contributed by atoms with Gasteiger partial charge in [0.25, 0.3) is 0 Å². The summed E-state index contributed by atoms with van der Waals surface area (Å²) in [4.78, 5) is 23.1. The number of anilines is 2. The van der Waals surface area contributed by atoms with Crippen LogP contribution in [0.2, 0.25) is 5.02 Å². The van der Waals surface area contributed by atoms with E-state index in [4.69, 9.17) is 11.6 Å². The molecule has 0 saturated carbocycles. The lowest BCUT2D eigenvalue weighted by molar-refractivity contribution is -0.137. The monoisotopic (exact) mass is 497 g/mol. The fourth-order valence-electron chi connectivity index (χ4n) is 3.95. The lowest BCUT2D eigenvalue weighted by atomic mass is 9.96. The first-order valence-electron chi connectivity index (χ1n) is 10.4. The maximum Gasteiger partial charge on any atom is 0.417 e. The molecule has 3 aromatic heterocycles. The van der Waals surface area contributed by atoms with Crippen LogP contribution in [0.4, 0.5) is 24.1 Å². The van der Waals surface area contributed by atoms with Gasteiger partial charge in [-0.15, -0.1) is 11.3 Å². The summed E-state index contributed by atoms with van der Waals surface area (Å²) in [5, 5.41) is 5.34. The summed E-state index contributed by atoms with van der Waals surface area (Å²) in [6, 6.07) is 2.96. The molecule has 1 aliphatic heterocycles. The molecule has 1 N–H and O–H groups in total. The Labute approximate surface area is 198 Å².